The van der Waals surface area contributed by atoms with E-state index in [0.29, 0.717) is 48.9 Å². The summed E-state index contributed by atoms with van der Waals surface area (Å²) in [5, 5.41) is 3.85. The second-order valence-corrected chi connectivity index (χ2v) is 13.0. The average Bonchev–Trinajstić information content (AvgIpc) is 3.39. The van der Waals surface area contributed by atoms with Crippen LogP contribution in [0.5, 0.6) is 11.5 Å². The summed E-state index contributed by atoms with van der Waals surface area (Å²) in [5.41, 5.74) is 0.877. The Balaban J connectivity index is 1.10. The van der Waals surface area contributed by atoms with Crippen LogP contribution in [0.1, 0.15) is 33.3 Å². The van der Waals surface area contributed by atoms with Gasteiger partial charge in [0.1, 0.15) is 11.0 Å². The van der Waals surface area contributed by atoms with Gasteiger partial charge in [0.2, 0.25) is 12.7 Å². The summed E-state index contributed by atoms with van der Waals surface area (Å²) in [4.78, 5) is 42.9. The van der Waals surface area contributed by atoms with E-state index in [2.05, 4.69) is 26.2 Å². The summed E-state index contributed by atoms with van der Waals surface area (Å²) in [5.74, 6) is 2.60. The number of ether oxygens (including phenoxy) is 2. The van der Waals surface area contributed by atoms with Crippen LogP contribution in [0.25, 0.3) is 0 Å². The van der Waals surface area contributed by atoms with Crippen molar-refractivity contribution in [2.75, 3.05) is 63.3 Å². The number of carbonyl (C=O) groups excluding carboxylic acids is 2. The first kappa shape index (κ1) is 29.5. The van der Waals surface area contributed by atoms with Gasteiger partial charge in [0.05, 0.1) is 5.75 Å². The Labute approximate surface area is 250 Å². The molecule has 3 aliphatic rings. The highest BCUT2D eigenvalue weighted by molar-refractivity contribution is 7.99. The molecule has 0 spiro atoms. The van der Waals surface area contributed by atoms with Gasteiger partial charge in [-0.05, 0) is 45.4 Å². The number of rotatable bonds is 6. The second-order valence-electron chi connectivity index (χ2n) is 11.6. The van der Waals surface area contributed by atoms with Crippen LogP contribution in [-0.2, 0) is 11.3 Å². The molecule has 3 aliphatic heterocycles. The lowest BCUT2D eigenvalue weighted by atomic mass is 10.1. The number of nitrogens with one attached hydrogen (secondary N) is 1. The molecule has 4 heterocycles. The SMILES string of the molecule is CC1CN(c2cc(Cl)nc(SCC(=O)N3CCN(Cc4ccc5c(c4)OCO5)CC3)n2)CCN1C(=O)NC(C)(C)C. The van der Waals surface area contributed by atoms with Gasteiger partial charge in [-0.3, -0.25) is 9.69 Å². The van der Waals surface area contributed by atoms with Crippen molar-refractivity contribution in [3.8, 4) is 11.5 Å². The summed E-state index contributed by atoms with van der Waals surface area (Å²) < 4.78 is 10.9. The monoisotopic (exact) mass is 603 g/mol. The highest BCUT2D eigenvalue weighted by atomic mass is 35.5. The Morgan fingerprint density at radius 1 is 1.05 bits per heavy atom. The Bertz CT molecular complexity index is 1270. The smallest absolute Gasteiger partial charge is 0.318 e. The van der Waals surface area contributed by atoms with Crippen molar-refractivity contribution < 1.29 is 19.1 Å². The largest absolute Gasteiger partial charge is 0.454 e. The van der Waals surface area contributed by atoms with Crippen LogP contribution in [0, 0.1) is 0 Å². The number of carbonyl (C=O) groups is 2. The number of fused-ring (bicyclic) bond motifs is 1. The molecule has 222 valence electrons. The number of piperazine rings is 2. The zero-order chi connectivity index (χ0) is 29.1. The number of anilines is 1. The molecule has 41 heavy (non-hydrogen) atoms. The Kier molecular flexibility index (Phi) is 9.00. The molecule has 1 unspecified atom stereocenters. The van der Waals surface area contributed by atoms with E-state index in [4.69, 9.17) is 26.1 Å². The van der Waals surface area contributed by atoms with Crippen LogP contribution in [0.2, 0.25) is 5.15 Å². The molecular weight excluding hydrogens is 566 g/mol. The van der Waals surface area contributed by atoms with Crippen molar-refractivity contribution in [1.82, 2.24) is 30.0 Å². The number of hydrogen-bond acceptors (Lipinski definition) is 9. The van der Waals surface area contributed by atoms with E-state index in [1.165, 1.54) is 17.3 Å². The lowest BCUT2D eigenvalue weighted by molar-refractivity contribution is -0.130. The van der Waals surface area contributed by atoms with Crippen molar-refractivity contribution in [3.63, 3.8) is 0 Å². The van der Waals surface area contributed by atoms with Gasteiger partial charge < -0.3 is 29.5 Å². The number of thioether (sulfide) groups is 1. The lowest BCUT2D eigenvalue weighted by Crippen LogP contribution is -2.59. The van der Waals surface area contributed by atoms with Crippen molar-refractivity contribution in [2.45, 2.75) is 51.0 Å². The topological polar surface area (TPSA) is 103 Å². The quantitative estimate of drug-likeness (QED) is 0.303. The molecule has 0 aliphatic carbocycles. The third-order valence-corrected chi connectivity index (χ3v) is 8.27. The maximum absolute atomic E-state index is 13.0. The van der Waals surface area contributed by atoms with Crippen LogP contribution in [0.15, 0.2) is 29.4 Å². The molecule has 13 heteroatoms. The Morgan fingerprint density at radius 2 is 1.80 bits per heavy atom. The average molecular weight is 604 g/mol. The summed E-state index contributed by atoms with van der Waals surface area (Å²) in [6.07, 6.45) is 0. The highest BCUT2D eigenvalue weighted by Crippen LogP contribution is 2.33. The zero-order valence-electron chi connectivity index (χ0n) is 24.1. The van der Waals surface area contributed by atoms with Gasteiger partial charge >= 0.3 is 6.03 Å². The number of nitrogens with zero attached hydrogens (tertiary/aromatic N) is 6. The first-order valence-corrected chi connectivity index (χ1v) is 15.3. The Hall–Kier alpha value is -2.96. The molecule has 1 aromatic heterocycles. The van der Waals surface area contributed by atoms with Crippen molar-refractivity contribution >= 4 is 41.1 Å². The van der Waals surface area contributed by atoms with E-state index in [9.17, 15) is 9.59 Å². The van der Waals surface area contributed by atoms with Crippen molar-refractivity contribution in [2.24, 2.45) is 0 Å². The minimum atomic E-state index is -0.292. The first-order chi connectivity index (χ1) is 19.5. The van der Waals surface area contributed by atoms with Gasteiger partial charge in [0.25, 0.3) is 0 Å². The van der Waals surface area contributed by atoms with Crippen LogP contribution in [0.3, 0.4) is 0 Å². The standard InChI is InChI=1S/C28H38ClN7O4S/c1-19-15-35(11-12-36(19)27(38)32-28(2,3)4)24-14-23(29)30-26(31-24)41-17-25(37)34-9-7-33(8-10-34)16-20-5-6-21-22(13-20)40-18-39-21/h5-6,13-14,19H,7-12,15-18H2,1-4H3,(H,32,38). The predicted molar refractivity (Wildman–Crippen MR) is 159 cm³/mol. The van der Waals surface area contributed by atoms with E-state index >= 15 is 0 Å². The number of hydrogen-bond donors (Lipinski definition) is 1. The van der Waals surface area contributed by atoms with E-state index < -0.39 is 0 Å². The first-order valence-electron chi connectivity index (χ1n) is 13.9. The lowest BCUT2D eigenvalue weighted by Gasteiger charge is -2.41. The molecule has 5 rings (SSSR count). The van der Waals surface area contributed by atoms with Gasteiger partial charge in [-0.2, -0.15) is 0 Å². The fourth-order valence-corrected chi connectivity index (χ4v) is 6.13. The minimum absolute atomic E-state index is 0.00114. The van der Waals surface area contributed by atoms with E-state index in [1.807, 2.05) is 49.6 Å². The van der Waals surface area contributed by atoms with Gasteiger partial charge in [0.15, 0.2) is 16.7 Å². The number of amides is 3. The van der Waals surface area contributed by atoms with E-state index in [0.717, 1.165) is 31.1 Å². The molecule has 0 saturated carbocycles. The summed E-state index contributed by atoms with van der Waals surface area (Å²) in [6, 6.07) is 7.72. The van der Waals surface area contributed by atoms with Gasteiger partial charge in [0, 0.05) is 70.0 Å². The van der Waals surface area contributed by atoms with Crippen molar-refractivity contribution in [1.29, 1.82) is 0 Å². The third kappa shape index (κ3) is 7.66. The van der Waals surface area contributed by atoms with Crippen LogP contribution >= 0.6 is 23.4 Å². The number of urea groups is 1. The van der Waals surface area contributed by atoms with Crippen LogP contribution in [0.4, 0.5) is 10.6 Å². The van der Waals surface area contributed by atoms with E-state index in [1.54, 1.807) is 6.07 Å². The maximum atomic E-state index is 13.0. The zero-order valence-corrected chi connectivity index (χ0v) is 25.6. The molecule has 0 radical (unpaired) electrons. The van der Waals surface area contributed by atoms with Gasteiger partial charge in [-0.1, -0.05) is 29.4 Å². The number of aromatic nitrogens is 2. The molecule has 2 aromatic rings. The van der Waals surface area contributed by atoms with Crippen LogP contribution in [-0.4, -0.2) is 107 Å². The second kappa shape index (κ2) is 12.5. The summed E-state index contributed by atoms with van der Waals surface area (Å²) in [7, 11) is 0. The van der Waals surface area contributed by atoms with Gasteiger partial charge in [-0.15, -0.1) is 0 Å². The fourth-order valence-electron chi connectivity index (χ4n) is 5.14. The highest BCUT2D eigenvalue weighted by Gasteiger charge is 2.30. The molecule has 2 saturated heterocycles. The maximum Gasteiger partial charge on any atom is 0.318 e. The van der Waals surface area contributed by atoms with Gasteiger partial charge in [-0.25, -0.2) is 14.8 Å². The molecule has 2 fully saturated rings. The predicted octanol–water partition coefficient (Wildman–Crippen LogP) is 3.31. The molecule has 3 amide bonds. The van der Waals surface area contributed by atoms with E-state index in [-0.39, 0.29) is 36.1 Å². The minimum Gasteiger partial charge on any atom is -0.454 e. The molecule has 0 bridgehead atoms. The summed E-state index contributed by atoms with van der Waals surface area (Å²) >= 11 is 7.66. The normalized spacial score (nSPS) is 19.4. The number of benzene rings is 1. The molecule has 1 atom stereocenters. The number of halogens is 1. The molecule has 1 aromatic carbocycles. The van der Waals surface area contributed by atoms with Crippen LogP contribution < -0.4 is 19.7 Å². The van der Waals surface area contributed by atoms with Crippen molar-refractivity contribution in [3.05, 3.63) is 35.0 Å². The third-order valence-electron chi connectivity index (χ3n) is 7.25. The molecular formula is C28H38ClN7O4S. The molecule has 1 N–H and O–H groups in total. The molecule has 11 nitrogen and oxygen atoms in total. The fraction of sp³-hybridized carbons (Fsp3) is 0.571. The summed E-state index contributed by atoms with van der Waals surface area (Å²) in [6.45, 7) is 13.8. The Morgan fingerprint density at radius 3 is 2.54 bits per heavy atom.